The lowest BCUT2D eigenvalue weighted by atomic mass is 10.3. The van der Waals surface area contributed by atoms with Gasteiger partial charge in [0.1, 0.15) is 6.61 Å². The number of nitrogen functional groups attached to an aromatic ring is 1. The summed E-state index contributed by atoms with van der Waals surface area (Å²) in [6.07, 6.45) is 3.76. The third-order valence-corrected chi connectivity index (χ3v) is 3.28. The van der Waals surface area contributed by atoms with Gasteiger partial charge in [0, 0.05) is 17.8 Å². The van der Waals surface area contributed by atoms with Gasteiger partial charge in [0.15, 0.2) is 16.5 Å². The highest BCUT2D eigenvalue weighted by Crippen LogP contribution is 2.25. The number of nitrogens with two attached hydrogens (primary N) is 1. The number of fused-ring (bicyclic) bond motifs is 1. The van der Waals surface area contributed by atoms with Crippen molar-refractivity contribution in [3.8, 4) is 5.75 Å². The summed E-state index contributed by atoms with van der Waals surface area (Å²) in [5.74, 6) is -0.384. The number of hydrogen-bond acceptors (Lipinski definition) is 4. The standard InChI is InChI=1S/C12H10FN3OS/c13-9-2-1-3-10(14)11(9)17-7-8-6-16-4-5-18-12(16)15-8/h1-6H,7,14H2. The number of halogens is 1. The molecule has 3 aromatic rings. The normalized spacial score (nSPS) is 10.9. The van der Waals surface area contributed by atoms with Crippen LogP contribution in [-0.2, 0) is 6.61 Å². The van der Waals surface area contributed by atoms with E-state index in [1.807, 2.05) is 22.2 Å². The Kier molecular flexibility index (Phi) is 2.64. The highest BCUT2D eigenvalue weighted by Gasteiger charge is 2.09. The molecule has 0 radical (unpaired) electrons. The Morgan fingerprint density at radius 3 is 3.11 bits per heavy atom. The van der Waals surface area contributed by atoms with Gasteiger partial charge in [0.25, 0.3) is 0 Å². The van der Waals surface area contributed by atoms with Crippen molar-refractivity contribution in [3.05, 3.63) is 47.5 Å². The lowest BCUT2D eigenvalue weighted by Gasteiger charge is -2.07. The van der Waals surface area contributed by atoms with Crippen LogP contribution in [0.1, 0.15) is 5.69 Å². The van der Waals surface area contributed by atoms with Crippen LogP contribution in [0.4, 0.5) is 10.1 Å². The first-order valence-corrected chi connectivity index (χ1v) is 6.20. The molecule has 0 aliphatic heterocycles. The monoisotopic (exact) mass is 263 g/mol. The van der Waals surface area contributed by atoms with E-state index >= 15 is 0 Å². The van der Waals surface area contributed by atoms with Gasteiger partial charge in [-0.2, -0.15) is 0 Å². The molecule has 0 saturated carbocycles. The minimum Gasteiger partial charge on any atom is -0.482 e. The molecule has 2 heterocycles. The largest absolute Gasteiger partial charge is 0.482 e. The fourth-order valence-corrected chi connectivity index (χ4v) is 2.39. The van der Waals surface area contributed by atoms with E-state index in [4.69, 9.17) is 10.5 Å². The molecule has 92 valence electrons. The number of anilines is 1. The summed E-state index contributed by atoms with van der Waals surface area (Å²) >= 11 is 1.53. The van der Waals surface area contributed by atoms with Crippen LogP contribution in [0.5, 0.6) is 5.75 Å². The van der Waals surface area contributed by atoms with E-state index in [9.17, 15) is 4.39 Å². The number of thiazole rings is 1. The SMILES string of the molecule is Nc1cccc(F)c1OCc1cn2ccsc2n1. The minimum absolute atomic E-state index is 0.0776. The van der Waals surface area contributed by atoms with E-state index in [1.54, 1.807) is 12.1 Å². The minimum atomic E-state index is -0.462. The molecule has 0 aliphatic rings. The Morgan fingerprint density at radius 2 is 2.33 bits per heavy atom. The quantitative estimate of drug-likeness (QED) is 0.739. The first-order chi connectivity index (χ1) is 8.74. The van der Waals surface area contributed by atoms with Crippen molar-refractivity contribution in [3.63, 3.8) is 0 Å². The van der Waals surface area contributed by atoms with Gasteiger partial charge in [-0.25, -0.2) is 9.37 Å². The molecular weight excluding hydrogens is 253 g/mol. The topological polar surface area (TPSA) is 52.5 Å². The Balaban J connectivity index is 1.80. The number of hydrogen-bond donors (Lipinski definition) is 1. The van der Waals surface area contributed by atoms with E-state index in [0.717, 1.165) is 10.7 Å². The summed E-state index contributed by atoms with van der Waals surface area (Å²) in [6.45, 7) is 0.194. The van der Waals surface area contributed by atoms with E-state index in [2.05, 4.69) is 4.98 Å². The molecule has 2 N–H and O–H groups in total. The third-order valence-electron chi connectivity index (χ3n) is 2.50. The van der Waals surface area contributed by atoms with Crippen molar-refractivity contribution in [2.45, 2.75) is 6.61 Å². The lowest BCUT2D eigenvalue weighted by molar-refractivity contribution is 0.288. The van der Waals surface area contributed by atoms with Crippen LogP contribution in [-0.4, -0.2) is 9.38 Å². The fourth-order valence-electron chi connectivity index (χ4n) is 1.67. The maximum atomic E-state index is 13.5. The van der Waals surface area contributed by atoms with Gasteiger partial charge >= 0.3 is 0 Å². The van der Waals surface area contributed by atoms with Gasteiger partial charge in [-0.1, -0.05) is 6.07 Å². The summed E-state index contributed by atoms with van der Waals surface area (Å²) in [5.41, 5.74) is 6.68. The number of ether oxygens (including phenoxy) is 1. The molecule has 0 atom stereocenters. The number of para-hydroxylation sites is 1. The number of nitrogens with zero attached hydrogens (tertiary/aromatic N) is 2. The zero-order valence-electron chi connectivity index (χ0n) is 9.34. The second kappa shape index (κ2) is 4.30. The van der Waals surface area contributed by atoms with Crippen LogP contribution >= 0.6 is 11.3 Å². The Labute approximate surface area is 106 Å². The van der Waals surface area contributed by atoms with Gasteiger partial charge in [0.2, 0.25) is 0 Å². The zero-order chi connectivity index (χ0) is 12.5. The lowest BCUT2D eigenvalue weighted by Crippen LogP contribution is -2.01. The van der Waals surface area contributed by atoms with Crippen molar-refractivity contribution in [1.29, 1.82) is 0 Å². The molecule has 2 aromatic heterocycles. The fraction of sp³-hybridized carbons (Fsp3) is 0.0833. The average molecular weight is 263 g/mol. The number of aromatic nitrogens is 2. The molecule has 0 amide bonds. The predicted molar refractivity (Wildman–Crippen MR) is 68.2 cm³/mol. The zero-order valence-corrected chi connectivity index (χ0v) is 10.2. The summed E-state index contributed by atoms with van der Waals surface area (Å²) in [7, 11) is 0. The maximum absolute atomic E-state index is 13.5. The summed E-state index contributed by atoms with van der Waals surface area (Å²) in [4.78, 5) is 5.22. The van der Waals surface area contributed by atoms with Crippen LogP contribution in [0.3, 0.4) is 0 Å². The Bertz CT molecular complexity index is 643. The highest BCUT2D eigenvalue weighted by molar-refractivity contribution is 7.15. The van der Waals surface area contributed by atoms with Gasteiger partial charge in [-0.15, -0.1) is 11.3 Å². The van der Waals surface area contributed by atoms with Crippen molar-refractivity contribution < 1.29 is 9.13 Å². The van der Waals surface area contributed by atoms with E-state index in [0.29, 0.717) is 0 Å². The molecular formula is C12H10FN3OS. The van der Waals surface area contributed by atoms with E-state index in [-0.39, 0.29) is 18.0 Å². The number of imidazole rings is 1. The first kappa shape index (κ1) is 11.0. The van der Waals surface area contributed by atoms with Crippen LogP contribution in [0.15, 0.2) is 36.0 Å². The molecule has 0 saturated heterocycles. The maximum Gasteiger partial charge on any atom is 0.193 e. The molecule has 0 spiro atoms. The third kappa shape index (κ3) is 1.91. The number of rotatable bonds is 3. The Morgan fingerprint density at radius 1 is 1.44 bits per heavy atom. The van der Waals surface area contributed by atoms with Crippen molar-refractivity contribution in [2.75, 3.05) is 5.73 Å². The molecule has 0 bridgehead atoms. The van der Waals surface area contributed by atoms with E-state index in [1.165, 1.54) is 17.4 Å². The van der Waals surface area contributed by atoms with Crippen LogP contribution in [0.2, 0.25) is 0 Å². The summed E-state index contributed by atoms with van der Waals surface area (Å²) in [5, 5.41) is 1.95. The molecule has 3 rings (SSSR count). The summed E-state index contributed by atoms with van der Waals surface area (Å²) in [6, 6.07) is 4.46. The van der Waals surface area contributed by atoms with Crippen molar-refractivity contribution >= 4 is 22.0 Å². The van der Waals surface area contributed by atoms with Crippen LogP contribution in [0, 0.1) is 5.82 Å². The first-order valence-electron chi connectivity index (χ1n) is 5.32. The van der Waals surface area contributed by atoms with Crippen LogP contribution in [0.25, 0.3) is 4.96 Å². The highest BCUT2D eigenvalue weighted by atomic mass is 32.1. The molecule has 4 nitrogen and oxygen atoms in total. The average Bonchev–Trinajstić information content (AvgIpc) is 2.88. The summed E-state index contributed by atoms with van der Waals surface area (Å²) < 4.78 is 20.7. The van der Waals surface area contributed by atoms with Crippen LogP contribution < -0.4 is 10.5 Å². The van der Waals surface area contributed by atoms with Crippen molar-refractivity contribution in [1.82, 2.24) is 9.38 Å². The smallest absolute Gasteiger partial charge is 0.193 e. The van der Waals surface area contributed by atoms with Gasteiger partial charge in [-0.05, 0) is 12.1 Å². The second-order valence-electron chi connectivity index (χ2n) is 3.77. The molecule has 0 aliphatic carbocycles. The molecule has 18 heavy (non-hydrogen) atoms. The van der Waals surface area contributed by atoms with Crippen molar-refractivity contribution in [2.24, 2.45) is 0 Å². The molecule has 6 heteroatoms. The van der Waals surface area contributed by atoms with Gasteiger partial charge in [0.05, 0.1) is 11.4 Å². The van der Waals surface area contributed by atoms with Gasteiger partial charge in [-0.3, -0.25) is 4.40 Å². The molecule has 0 unspecified atom stereocenters. The molecule has 1 aromatic carbocycles. The molecule has 0 fully saturated rings. The van der Waals surface area contributed by atoms with E-state index < -0.39 is 5.82 Å². The second-order valence-corrected chi connectivity index (χ2v) is 4.64. The Hall–Kier alpha value is -2.08. The van der Waals surface area contributed by atoms with Gasteiger partial charge < -0.3 is 10.5 Å². The number of benzene rings is 1. The predicted octanol–water partition coefficient (Wildman–Crippen LogP) is 2.70.